The van der Waals surface area contributed by atoms with Gasteiger partial charge in [-0.25, -0.2) is 4.79 Å². The number of anilines is 1. The first-order valence-corrected chi connectivity index (χ1v) is 5.98. The average molecular weight is 249 g/mol. The molecule has 1 saturated heterocycles. The molecule has 18 heavy (non-hydrogen) atoms. The molecule has 4 nitrogen and oxygen atoms in total. The van der Waals surface area contributed by atoms with E-state index < -0.39 is 0 Å². The third-order valence-electron chi connectivity index (χ3n) is 3.54. The number of rotatable bonds is 3. The van der Waals surface area contributed by atoms with E-state index in [-0.39, 0.29) is 11.6 Å². The standard InChI is InChI=1S/C14H19NO3/c1-10-5-6-11(7-12(10)13(16)17-3)15-8-14(2,9-15)18-4/h5-7H,8-9H2,1-4H3. The molecule has 0 radical (unpaired) electrons. The van der Waals surface area contributed by atoms with Gasteiger partial charge in [0.25, 0.3) is 0 Å². The number of aryl methyl sites for hydroxylation is 1. The molecule has 0 aromatic heterocycles. The predicted octanol–water partition coefficient (Wildman–Crippen LogP) is 2.01. The number of ether oxygens (including phenoxy) is 2. The van der Waals surface area contributed by atoms with Gasteiger partial charge in [-0.2, -0.15) is 0 Å². The lowest BCUT2D eigenvalue weighted by atomic mass is 9.95. The van der Waals surface area contributed by atoms with Crippen LogP contribution in [-0.4, -0.2) is 38.9 Å². The number of methoxy groups -OCH3 is 2. The van der Waals surface area contributed by atoms with Crippen LogP contribution in [0.5, 0.6) is 0 Å². The summed E-state index contributed by atoms with van der Waals surface area (Å²) in [6.45, 7) is 5.67. The van der Waals surface area contributed by atoms with E-state index in [0.717, 1.165) is 24.3 Å². The van der Waals surface area contributed by atoms with Crippen LogP contribution in [0.4, 0.5) is 5.69 Å². The molecule has 1 fully saturated rings. The van der Waals surface area contributed by atoms with Gasteiger partial charge >= 0.3 is 5.97 Å². The normalized spacial score (nSPS) is 17.2. The molecule has 98 valence electrons. The molecule has 0 bridgehead atoms. The molecule has 1 aromatic rings. The Kier molecular flexibility index (Phi) is 3.30. The van der Waals surface area contributed by atoms with Crippen LogP contribution in [0.1, 0.15) is 22.8 Å². The second-order valence-corrected chi connectivity index (χ2v) is 5.00. The lowest BCUT2D eigenvalue weighted by molar-refractivity contribution is -0.0167. The maximum absolute atomic E-state index is 11.6. The Labute approximate surface area is 107 Å². The van der Waals surface area contributed by atoms with Crippen LogP contribution in [0.2, 0.25) is 0 Å². The van der Waals surface area contributed by atoms with Crippen LogP contribution in [0.3, 0.4) is 0 Å². The molecule has 0 unspecified atom stereocenters. The first-order valence-electron chi connectivity index (χ1n) is 5.98. The smallest absolute Gasteiger partial charge is 0.338 e. The molecule has 1 aromatic carbocycles. The zero-order valence-corrected chi connectivity index (χ0v) is 11.3. The van der Waals surface area contributed by atoms with Crippen molar-refractivity contribution < 1.29 is 14.3 Å². The second kappa shape index (κ2) is 4.61. The number of esters is 1. The molecule has 4 heteroatoms. The van der Waals surface area contributed by atoms with E-state index in [2.05, 4.69) is 11.8 Å². The van der Waals surface area contributed by atoms with Gasteiger partial charge in [-0.3, -0.25) is 0 Å². The second-order valence-electron chi connectivity index (χ2n) is 5.00. The van der Waals surface area contributed by atoms with E-state index in [9.17, 15) is 4.79 Å². The minimum Gasteiger partial charge on any atom is -0.465 e. The number of carbonyl (C=O) groups is 1. The maximum Gasteiger partial charge on any atom is 0.338 e. The van der Waals surface area contributed by atoms with E-state index in [1.165, 1.54) is 7.11 Å². The fourth-order valence-corrected chi connectivity index (χ4v) is 2.21. The minimum atomic E-state index is -0.288. The molecular weight excluding hydrogens is 230 g/mol. The molecule has 0 N–H and O–H groups in total. The molecule has 1 aliphatic heterocycles. The Hall–Kier alpha value is -1.55. The molecule has 0 aliphatic carbocycles. The molecule has 0 spiro atoms. The highest BCUT2D eigenvalue weighted by Gasteiger charge is 2.39. The van der Waals surface area contributed by atoms with Gasteiger partial charge in [-0.1, -0.05) is 6.07 Å². The number of hydrogen-bond donors (Lipinski definition) is 0. The van der Waals surface area contributed by atoms with Gasteiger partial charge in [-0.15, -0.1) is 0 Å². The van der Waals surface area contributed by atoms with Crippen molar-refractivity contribution in [2.45, 2.75) is 19.4 Å². The van der Waals surface area contributed by atoms with E-state index in [4.69, 9.17) is 9.47 Å². The van der Waals surface area contributed by atoms with Crippen LogP contribution in [-0.2, 0) is 9.47 Å². The van der Waals surface area contributed by atoms with Crippen molar-refractivity contribution >= 4 is 11.7 Å². The van der Waals surface area contributed by atoms with Crippen molar-refractivity contribution in [2.24, 2.45) is 0 Å². The maximum atomic E-state index is 11.6. The molecule has 1 aliphatic rings. The summed E-state index contributed by atoms with van der Waals surface area (Å²) in [5.41, 5.74) is 2.52. The average Bonchev–Trinajstić information content (AvgIpc) is 2.35. The molecule has 2 rings (SSSR count). The minimum absolute atomic E-state index is 0.0731. The number of carbonyl (C=O) groups excluding carboxylic acids is 1. The third-order valence-corrected chi connectivity index (χ3v) is 3.54. The summed E-state index contributed by atoms with van der Waals surface area (Å²) < 4.78 is 10.2. The van der Waals surface area contributed by atoms with Crippen molar-refractivity contribution in [1.82, 2.24) is 0 Å². The Bertz CT molecular complexity index is 464. The molecule has 0 amide bonds. The van der Waals surface area contributed by atoms with Gasteiger partial charge in [-0.05, 0) is 31.5 Å². The highest BCUT2D eigenvalue weighted by molar-refractivity contribution is 5.92. The van der Waals surface area contributed by atoms with Crippen LogP contribution < -0.4 is 4.90 Å². The first kappa shape index (κ1) is 12.9. The van der Waals surface area contributed by atoms with E-state index in [1.54, 1.807) is 7.11 Å². The molecule has 1 heterocycles. The lowest BCUT2D eigenvalue weighted by Gasteiger charge is -2.48. The largest absolute Gasteiger partial charge is 0.465 e. The highest BCUT2D eigenvalue weighted by atomic mass is 16.5. The summed E-state index contributed by atoms with van der Waals surface area (Å²) in [6, 6.07) is 5.86. The summed E-state index contributed by atoms with van der Waals surface area (Å²) in [7, 11) is 3.13. The Morgan fingerprint density at radius 2 is 2.00 bits per heavy atom. The van der Waals surface area contributed by atoms with E-state index >= 15 is 0 Å². The van der Waals surface area contributed by atoms with Crippen LogP contribution in [0.25, 0.3) is 0 Å². The SMILES string of the molecule is COC(=O)c1cc(N2CC(C)(OC)C2)ccc1C. The van der Waals surface area contributed by atoms with Gasteiger partial charge in [0.15, 0.2) is 0 Å². The zero-order valence-electron chi connectivity index (χ0n) is 11.3. The first-order chi connectivity index (χ1) is 8.49. The summed E-state index contributed by atoms with van der Waals surface area (Å²) in [5, 5.41) is 0. The summed E-state index contributed by atoms with van der Waals surface area (Å²) in [5.74, 6) is -0.288. The van der Waals surface area contributed by atoms with Crippen molar-refractivity contribution in [3.8, 4) is 0 Å². The van der Waals surface area contributed by atoms with Gasteiger partial charge in [0, 0.05) is 25.9 Å². The van der Waals surface area contributed by atoms with Gasteiger partial charge in [0.1, 0.15) is 0 Å². The summed E-state index contributed by atoms with van der Waals surface area (Å²) >= 11 is 0. The Morgan fingerprint density at radius 3 is 2.56 bits per heavy atom. The van der Waals surface area contributed by atoms with Crippen LogP contribution in [0.15, 0.2) is 18.2 Å². The fourth-order valence-electron chi connectivity index (χ4n) is 2.21. The van der Waals surface area contributed by atoms with Crippen molar-refractivity contribution in [3.05, 3.63) is 29.3 Å². The van der Waals surface area contributed by atoms with Gasteiger partial charge in [0.2, 0.25) is 0 Å². The molecule has 0 atom stereocenters. The fraction of sp³-hybridized carbons (Fsp3) is 0.500. The predicted molar refractivity (Wildman–Crippen MR) is 70.1 cm³/mol. The lowest BCUT2D eigenvalue weighted by Crippen LogP contribution is -2.61. The Balaban J connectivity index is 2.19. The molecule has 0 saturated carbocycles. The zero-order chi connectivity index (χ0) is 13.3. The Morgan fingerprint density at radius 1 is 1.33 bits per heavy atom. The quantitative estimate of drug-likeness (QED) is 0.768. The summed E-state index contributed by atoms with van der Waals surface area (Å²) in [4.78, 5) is 13.8. The third kappa shape index (κ3) is 2.20. The number of hydrogen-bond acceptors (Lipinski definition) is 4. The summed E-state index contributed by atoms with van der Waals surface area (Å²) in [6.07, 6.45) is 0. The number of nitrogens with zero attached hydrogens (tertiary/aromatic N) is 1. The highest BCUT2D eigenvalue weighted by Crippen LogP contribution is 2.30. The number of benzene rings is 1. The van der Waals surface area contributed by atoms with Gasteiger partial charge in [0.05, 0.1) is 18.3 Å². The van der Waals surface area contributed by atoms with Crippen molar-refractivity contribution in [1.29, 1.82) is 0 Å². The van der Waals surface area contributed by atoms with E-state index in [1.807, 2.05) is 25.1 Å². The molecular formula is C14H19NO3. The topological polar surface area (TPSA) is 38.8 Å². The van der Waals surface area contributed by atoms with Crippen LogP contribution >= 0.6 is 0 Å². The van der Waals surface area contributed by atoms with E-state index in [0.29, 0.717) is 5.56 Å². The van der Waals surface area contributed by atoms with Crippen LogP contribution in [0, 0.1) is 6.92 Å². The van der Waals surface area contributed by atoms with Crippen molar-refractivity contribution in [3.63, 3.8) is 0 Å². The van der Waals surface area contributed by atoms with Gasteiger partial charge < -0.3 is 14.4 Å². The van der Waals surface area contributed by atoms with Crippen molar-refractivity contribution in [2.75, 3.05) is 32.2 Å². The monoisotopic (exact) mass is 249 g/mol.